The molecule has 1 rings (SSSR count). The molecule has 0 bridgehead atoms. The fourth-order valence-corrected chi connectivity index (χ4v) is 1.47. The summed E-state index contributed by atoms with van der Waals surface area (Å²) in [7, 11) is 1.57. The minimum Gasteiger partial charge on any atom is -0.409 e. The Morgan fingerprint density at radius 2 is 2.33 bits per heavy atom. The van der Waals surface area contributed by atoms with E-state index in [0.717, 1.165) is 0 Å². The number of ether oxygens (including phenoxy) is 1. The van der Waals surface area contributed by atoms with E-state index in [1.54, 1.807) is 7.11 Å². The van der Waals surface area contributed by atoms with Gasteiger partial charge in [-0.05, 0) is 19.8 Å². The maximum absolute atomic E-state index is 11.8. The lowest BCUT2D eigenvalue weighted by Crippen LogP contribution is -2.45. The molecule has 6 heteroatoms. The predicted octanol–water partition coefficient (Wildman–Crippen LogP) is -0.336. The molecule has 0 aromatic heterocycles. The Hall–Kier alpha value is -1.30. The lowest BCUT2D eigenvalue weighted by molar-refractivity contribution is -0.125. The van der Waals surface area contributed by atoms with Crippen molar-refractivity contribution in [2.24, 2.45) is 16.3 Å². The van der Waals surface area contributed by atoms with Crippen molar-refractivity contribution >= 4 is 11.7 Å². The summed E-state index contributed by atoms with van der Waals surface area (Å²) < 4.78 is 4.90. The van der Waals surface area contributed by atoms with Crippen molar-refractivity contribution in [3.8, 4) is 0 Å². The van der Waals surface area contributed by atoms with Crippen molar-refractivity contribution in [2.75, 3.05) is 13.7 Å². The van der Waals surface area contributed by atoms with Gasteiger partial charge in [-0.15, -0.1) is 0 Å². The first-order valence-corrected chi connectivity index (χ1v) is 4.84. The molecule has 0 aromatic rings. The average Bonchev–Trinajstić information content (AvgIpc) is 2.97. The van der Waals surface area contributed by atoms with Gasteiger partial charge in [-0.2, -0.15) is 0 Å². The minimum absolute atomic E-state index is 0.00961. The standard InChI is InChI=1S/C9H17N3O3/c1-6(5-15-2)11-8(13)9(3-4-9)7(10)12-14/h6,14H,3-5H2,1-2H3,(H2,10,12)(H,11,13). The molecule has 6 nitrogen and oxygen atoms in total. The van der Waals surface area contributed by atoms with E-state index >= 15 is 0 Å². The lowest BCUT2D eigenvalue weighted by atomic mass is 10.0. The molecule has 0 heterocycles. The summed E-state index contributed by atoms with van der Waals surface area (Å²) in [5.74, 6) is -0.202. The van der Waals surface area contributed by atoms with Gasteiger partial charge < -0.3 is 21.0 Å². The van der Waals surface area contributed by atoms with Gasteiger partial charge in [0.05, 0.1) is 6.61 Å². The highest BCUT2D eigenvalue weighted by atomic mass is 16.5. The quantitative estimate of drug-likeness (QED) is 0.253. The van der Waals surface area contributed by atoms with E-state index in [-0.39, 0.29) is 17.8 Å². The van der Waals surface area contributed by atoms with Crippen molar-refractivity contribution in [3.05, 3.63) is 0 Å². The molecule has 1 aliphatic carbocycles. The van der Waals surface area contributed by atoms with Crippen LogP contribution in [0.15, 0.2) is 5.16 Å². The second kappa shape index (κ2) is 4.48. The number of nitrogens with two attached hydrogens (primary N) is 1. The van der Waals surface area contributed by atoms with E-state index in [1.807, 2.05) is 6.92 Å². The molecule has 0 spiro atoms. The first-order valence-electron chi connectivity index (χ1n) is 4.84. The van der Waals surface area contributed by atoms with Crippen molar-refractivity contribution in [1.82, 2.24) is 5.32 Å². The van der Waals surface area contributed by atoms with Crippen LogP contribution in [0.3, 0.4) is 0 Å². The number of amidine groups is 1. The summed E-state index contributed by atoms with van der Waals surface area (Å²) in [5, 5.41) is 14.2. The fraction of sp³-hybridized carbons (Fsp3) is 0.778. The third-order valence-electron chi connectivity index (χ3n) is 2.58. The van der Waals surface area contributed by atoms with Gasteiger partial charge in [0.2, 0.25) is 5.91 Å². The summed E-state index contributed by atoms with van der Waals surface area (Å²) in [6, 6.07) is -0.0773. The van der Waals surface area contributed by atoms with Crippen LogP contribution in [0.25, 0.3) is 0 Å². The normalized spacial score (nSPS) is 20.8. The van der Waals surface area contributed by atoms with Gasteiger partial charge in [-0.1, -0.05) is 5.16 Å². The Balaban J connectivity index is 2.54. The topological polar surface area (TPSA) is 96.9 Å². The summed E-state index contributed by atoms with van der Waals surface area (Å²) in [6.07, 6.45) is 1.27. The van der Waals surface area contributed by atoms with E-state index in [0.29, 0.717) is 19.4 Å². The van der Waals surface area contributed by atoms with Crippen molar-refractivity contribution < 1.29 is 14.7 Å². The maximum Gasteiger partial charge on any atom is 0.234 e. The third kappa shape index (κ3) is 2.38. The second-order valence-corrected chi connectivity index (χ2v) is 3.90. The van der Waals surface area contributed by atoms with Gasteiger partial charge in [-0.3, -0.25) is 4.79 Å². The molecule has 4 N–H and O–H groups in total. The molecule has 15 heavy (non-hydrogen) atoms. The Morgan fingerprint density at radius 3 is 2.73 bits per heavy atom. The molecule has 1 aliphatic rings. The smallest absolute Gasteiger partial charge is 0.234 e. The van der Waals surface area contributed by atoms with Gasteiger partial charge in [0.25, 0.3) is 0 Å². The van der Waals surface area contributed by atoms with Crippen molar-refractivity contribution in [2.45, 2.75) is 25.8 Å². The predicted molar refractivity (Wildman–Crippen MR) is 54.6 cm³/mol. The molecule has 1 unspecified atom stereocenters. The number of nitrogens with one attached hydrogen (secondary N) is 1. The highest BCUT2D eigenvalue weighted by molar-refractivity contribution is 6.09. The Labute approximate surface area is 88.5 Å². The monoisotopic (exact) mass is 215 g/mol. The van der Waals surface area contributed by atoms with Gasteiger partial charge in [-0.25, -0.2) is 0 Å². The highest BCUT2D eigenvalue weighted by Crippen LogP contribution is 2.46. The van der Waals surface area contributed by atoms with Gasteiger partial charge >= 0.3 is 0 Å². The first kappa shape index (κ1) is 11.8. The molecule has 0 radical (unpaired) electrons. The Kier molecular flexibility index (Phi) is 3.52. The molecule has 1 saturated carbocycles. The minimum atomic E-state index is -0.781. The lowest BCUT2D eigenvalue weighted by Gasteiger charge is -2.17. The van der Waals surface area contributed by atoms with Crippen LogP contribution >= 0.6 is 0 Å². The van der Waals surface area contributed by atoms with E-state index < -0.39 is 5.41 Å². The number of hydrogen-bond acceptors (Lipinski definition) is 4. The summed E-state index contributed by atoms with van der Waals surface area (Å²) >= 11 is 0. The van der Waals surface area contributed by atoms with Gasteiger partial charge in [0, 0.05) is 13.2 Å². The average molecular weight is 215 g/mol. The van der Waals surface area contributed by atoms with E-state index in [2.05, 4.69) is 10.5 Å². The van der Waals surface area contributed by atoms with Gasteiger partial charge in [0.1, 0.15) is 5.41 Å². The zero-order valence-corrected chi connectivity index (χ0v) is 8.99. The second-order valence-electron chi connectivity index (χ2n) is 3.90. The summed E-state index contributed by atoms with van der Waals surface area (Å²) in [5.41, 5.74) is 4.69. The summed E-state index contributed by atoms with van der Waals surface area (Å²) in [4.78, 5) is 11.8. The van der Waals surface area contributed by atoms with Crippen LogP contribution in [0.1, 0.15) is 19.8 Å². The van der Waals surface area contributed by atoms with E-state index in [4.69, 9.17) is 15.7 Å². The molecule has 1 amide bonds. The molecule has 1 atom stereocenters. The van der Waals surface area contributed by atoms with E-state index in [9.17, 15) is 4.79 Å². The van der Waals surface area contributed by atoms with Crippen LogP contribution < -0.4 is 11.1 Å². The Bertz CT molecular complexity index is 274. The largest absolute Gasteiger partial charge is 0.409 e. The van der Waals surface area contributed by atoms with Crippen LogP contribution in [0.4, 0.5) is 0 Å². The number of hydrogen-bond donors (Lipinski definition) is 3. The number of methoxy groups -OCH3 is 1. The number of oxime groups is 1. The van der Waals surface area contributed by atoms with Crippen molar-refractivity contribution in [3.63, 3.8) is 0 Å². The number of carbonyl (C=O) groups excluding carboxylic acids is 1. The zero-order valence-electron chi connectivity index (χ0n) is 8.99. The maximum atomic E-state index is 11.8. The van der Waals surface area contributed by atoms with Crippen molar-refractivity contribution in [1.29, 1.82) is 0 Å². The van der Waals surface area contributed by atoms with Crippen LogP contribution in [-0.4, -0.2) is 36.7 Å². The molecule has 0 saturated heterocycles. The number of carbonyl (C=O) groups is 1. The molecular formula is C9H17N3O3. The number of nitrogens with zero attached hydrogens (tertiary/aromatic N) is 1. The van der Waals surface area contributed by atoms with Crippen LogP contribution in [-0.2, 0) is 9.53 Å². The van der Waals surface area contributed by atoms with Crippen LogP contribution in [0, 0.1) is 5.41 Å². The molecular weight excluding hydrogens is 198 g/mol. The molecule has 0 aromatic carbocycles. The summed E-state index contributed by atoms with van der Waals surface area (Å²) in [6.45, 7) is 2.28. The molecule has 1 fully saturated rings. The number of amides is 1. The van der Waals surface area contributed by atoms with E-state index in [1.165, 1.54) is 0 Å². The fourth-order valence-electron chi connectivity index (χ4n) is 1.47. The van der Waals surface area contributed by atoms with Gasteiger partial charge in [0.15, 0.2) is 5.84 Å². The van der Waals surface area contributed by atoms with Crippen LogP contribution in [0.5, 0.6) is 0 Å². The zero-order chi connectivity index (χ0) is 11.5. The molecule has 86 valence electrons. The van der Waals surface area contributed by atoms with Crippen LogP contribution in [0.2, 0.25) is 0 Å². The Morgan fingerprint density at radius 1 is 1.73 bits per heavy atom. The number of rotatable bonds is 5. The first-order chi connectivity index (χ1) is 7.06. The highest BCUT2D eigenvalue weighted by Gasteiger charge is 2.54. The molecule has 0 aliphatic heterocycles. The third-order valence-corrected chi connectivity index (χ3v) is 2.58. The SMILES string of the molecule is COCC(C)NC(=O)C1(C(N)=NO)CC1.